The Morgan fingerprint density at radius 2 is 1.93 bits per heavy atom. The van der Waals surface area contributed by atoms with Gasteiger partial charge in [-0.15, -0.1) is 0 Å². The fourth-order valence-electron chi connectivity index (χ4n) is 3.37. The molecule has 1 fully saturated rings. The van der Waals surface area contributed by atoms with E-state index in [9.17, 15) is 14.4 Å². The second kappa shape index (κ2) is 9.09. The van der Waals surface area contributed by atoms with Gasteiger partial charge in [0.05, 0.1) is 5.92 Å². The molecule has 1 saturated heterocycles. The van der Waals surface area contributed by atoms with Gasteiger partial charge < -0.3 is 15.0 Å². The number of carbonyl (C=O) groups is 3. The highest BCUT2D eigenvalue weighted by Crippen LogP contribution is 2.27. The summed E-state index contributed by atoms with van der Waals surface area (Å²) in [7, 11) is 0. The summed E-state index contributed by atoms with van der Waals surface area (Å²) in [5.41, 5.74) is 3.40. The van der Waals surface area contributed by atoms with Gasteiger partial charge in [0.1, 0.15) is 0 Å². The van der Waals surface area contributed by atoms with Crippen molar-refractivity contribution in [3.05, 3.63) is 58.6 Å². The molecule has 1 N–H and O–H groups in total. The molecule has 29 heavy (non-hydrogen) atoms. The lowest BCUT2D eigenvalue weighted by atomic mass is 10.1. The van der Waals surface area contributed by atoms with Crippen LogP contribution in [0.3, 0.4) is 0 Å². The van der Waals surface area contributed by atoms with Crippen LogP contribution in [0.25, 0.3) is 0 Å². The molecule has 7 heteroatoms. The molecule has 1 heterocycles. The predicted octanol–water partition coefficient (Wildman–Crippen LogP) is 3.75. The lowest BCUT2D eigenvalue weighted by Crippen LogP contribution is -2.28. The van der Waals surface area contributed by atoms with Crippen molar-refractivity contribution in [2.45, 2.75) is 26.7 Å². The highest BCUT2D eigenvalue weighted by molar-refractivity contribution is 6.30. The van der Waals surface area contributed by atoms with Gasteiger partial charge in [-0.1, -0.05) is 36.7 Å². The van der Waals surface area contributed by atoms with Gasteiger partial charge in [-0.05, 0) is 48.7 Å². The second-order valence-electron chi connectivity index (χ2n) is 7.00. The molecule has 1 atom stereocenters. The highest BCUT2D eigenvalue weighted by atomic mass is 35.5. The number of halogens is 1. The van der Waals surface area contributed by atoms with E-state index in [0.717, 1.165) is 23.2 Å². The standard InChI is InChI=1S/C22H23ClN2O4/c1-3-15-6-4-5-14(2)21(15)24-19(26)13-29-22(28)16-11-20(27)25(12-16)18-9-7-17(23)8-10-18/h4-10,16H,3,11-13H2,1-2H3,(H,24,26)/t16-/m0/s1. The molecule has 0 unspecified atom stereocenters. The fraction of sp³-hybridized carbons (Fsp3) is 0.318. The molecule has 0 radical (unpaired) electrons. The maximum Gasteiger partial charge on any atom is 0.311 e. The van der Waals surface area contributed by atoms with Crippen molar-refractivity contribution < 1.29 is 19.1 Å². The first-order valence-electron chi connectivity index (χ1n) is 9.50. The van der Waals surface area contributed by atoms with E-state index in [-0.39, 0.29) is 25.5 Å². The number of benzene rings is 2. The third-order valence-electron chi connectivity index (χ3n) is 4.95. The Morgan fingerprint density at radius 1 is 1.21 bits per heavy atom. The lowest BCUT2D eigenvalue weighted by Gasteiger charge is -2.16. The van der Waals surface area contributed by atoms with Crippen molar-refractivity contribution in [3.63, 3.8) is 0 Å². The normalized spacial score (nSPS) is 16.0. The zero-order valence-corrected chi connectivity index (χ0v) is 17.2. The van der Waals surface area contributed by atoms with E-state index >= 15 is 0 Å². The number of ether oxygens (including phenoxy) is 1. The summed E-state index contributed by atoms with van der Waals surface area (Å²) in [6.07, 6.45) is 0.836. The zero-order chi connectivity index (χ0) is 21.0. The first-order valence-corrected chi connectivity index (χ1v) is 9.87. The number of hydrogen-bond acceptors (Lipinski definition) is 4. The van der Waals surface area contributed by atoms with Gasteiger partial charge in [0.25, 0.3) is 5.91 Å². The molecular formula is C22H23ClN2O4. The van der Waals surface area contributed by atoms with Gasteiger partial charge in [0.15, 0.2) is 6.61 Å². The number of esters is 1. The van der Waals surface area contributed by atoms with E-state index in [4.69, 9.17) is 16.3 Å². The number of rotatable bonds is 6. The van der Waals surface area contributed by atoms with Crippen molar-refractivity contribution in [1.82, 2.24) is 0 Å². The minimum atomic E-state index is -0.601. The molecule has 0 saturated carbocycles. The molecule has 2 aromatic rings. The van der Waals surface area contributed by atoms with Gasteiger partial charge in [0.2, 0.25) is 5.91 Å². The zero-order valence-electron chi connectivity index (χ0n) is 16.4. The maximum atomic E-state index is 12.4. The average molecular weight is 415 g/mol. The van der Waals surface area contributed by atoms with Crippen molar-refractivity contribution in [2.75, 3.05) is 23.4 Å². The van der Waals surface area contributed by atoms with Crippen LogP contribution in [0.15, 0.2) is 42.5 Å². The first-order chi connectivity index (χ1) is 13.9. The minimum absolute atomic E-state index is 0.0564. The molecule has 0 bridgehead atoms. The Hall–Kier alpha value is -2.86. The van der Waals surface area contributed by atoms with Gasteiger partial charge in [-0.25, -0.2) is 0 Å². The van der Waals surface area contributed by atoms with Crippen LogP contribution in [0, 0.1) is 12.8 Å². The molecule has 0 aromatic heterocycles. The van der Waals surface area contributed by atoms with Crippen molar-refractivity contribution >= 4 is 40.8 Å². The van der Waals surface area contributed by atoms with Crippen LogP contribution in [-0.4, -0.2) is 30.9 Å². The van der Waals surface area contributed by atoms with Gasteiger partial charge in [-0.2, -0.15) is 0 Å². The SMILES string of the molecule is CCc1cccc(C)c1NC(=O)COC(=O)[C@H]1CC(=O)N(c2ccc(Cl)cc2)C1. The third kappa shape index (κ3) is 4.95. The summed E-state index contributed by atoms with van der Waals surface area (Å²) < 4.78 is 5.17. The van der Waals surface area contributed by atoms with Crippen LogP contribution in [0.1, 0.15) is 24.5 Å². The van der Waals surface area contributed by atoms with Crippen LogP contribution in [0.5, 0.6) is 0 Å². The Labute approximate surface area is 174 Å². The largest absolute Gasteiger partial charge is 0.455 e. The first kappa shape index (κ1) is 20.9. The van der Waals surface area contributed by atoms with E-state index < -0.39 is 17.8 Å². The number of anilines is 2. The van der Waals surface area contributed by atoms with Gasteiger partial charge in [0, 0.05) is 29.4 Å². The third-order valence-corrected chi connectivity index (χ3v) is 5.20. The molecule has 1 aliphatic rings. The lowest BCUT2D eigenvalue weighted by molar-refractivity contribution is -0.151. The molecule has 152 valence electrons. The van der Waals surface area contributed by atoms with Gasteiger partial charge in [-0.3, -0.25) is 14.4 Å². The molecule has 6 nitrogen and oxygen atoms in total. The summed E-state index contributed by atoms with van der Waals surface area (Å²) in [5.74, 6) is -1.71. The summed E-state index contributed by atoms with van der Waals surface area (Å²) in [5, 5.41) is 3.39. The van der Waals surface area contributed by atoms with Crippen molar-refractivity contribution in [2.24, 2.45) is 5.92 Å². The number of hydrogen-bond donors (Lipinski definition) is 1. The van der Waals surface area contributed by atoms with Crippen LogP contribution in [-0.2, 0) is 25.5 Å². The number of para-hydroxylation sites is 1. The molecule has 0 aliphatic carbocycles. The second-order valence-corrected chi connectivity index (χ2v) is 7.44. The van der Waals surface area contributed by atoms with E-state index in [1.807, 2.05) is 32.0 Å². The van der Waals surface area contributed by atoms with E-state index in [0.29, 0.717) is 10.7 Å². The summed E-state index contributed by atoms with van der Waals surface area (Å²) in [6, 6.07) is 12.6. The molecule has 3 rings (SSSR count). The quantitative estimate of drug-likeness (QED) is 0.730. The fourth-order valence-corrected chi connectivity index (χ4v) is 3.49. The summed E-state index contributed by atoms with van der Waals surface area (Å²) in [4.78, 5) is 38.4. The summed E-state index contributed by atoms with van der Waals surface area (Å²) in [6.45, 7) is 3.75. The number of nitrogens with zero attached hydrogens (tertiary/aromatic N) is 1. The minimum Gasteiger partial charge on any atom is -0.455 e. The van der Waals surface area contributed by atoms with Crippen LogP contribution in [0.2, 0.25) is 5.02 Å². The Balaban J connectivity index is 1.55. The molecular weight excluding hydrogens is 392 g/mol. The number of nitrogens with one attached hydrogen (secondary N) is 1. The molecule has 0 spiro atoms. The van der Waals surface area contributed by atoms with Crippen LogP contribution >= 0.6 is 11.6 Å². The number of amides is 2. The Morgan fingerprint density at radius 3 is 2.62 bits per heavy atom. The van der Waals surface area contributed by atoms with Crippen LogP contribution in [0.4, 0.5) is 11.4 Å². The Kier molecular flexibility index (Phi) is 6.54. The average Bonchev–Trinajstić information content (AvgIpc) is 3.10. The highest BCUT2D eigenvalue weighted by Gasteiger charge is 2.36. The Bertz CT molecular complexity index is 927. The van der Waals surface area contributed by atoms with E-state index in [1.165, 1.54) is 4.90 Å². The molecule has 2 aromatic carbocycles. The maximum absolute atomic E-state index is 12.4. The summed E-state index contributed by atoms with van der Waals surface area (Å²) >= 11 is 5.88. The van der Waals surface area contributed by atoms with Crippen molar-refractivity contribution in [3.8, 4) is 0 Å². The predicted molar refractivity (Wildman–Crippen MR) is 112 cm³/mol. The molecule has 2 amide bonds. The van der Waals surface area contributed by atoms with E-state index in [2.05, 4.69) is 5.32 Å². The topological polar surface area (TPSA) is 75.7 Å². The smallest absolute Gasteiger partial charge is 0.311 e. The number of aryl methyl sites for hydroxylation is 2. The van der Waals surface area contributed by atoms with Crippen LogP contribution < -0.4 is 10.2 Å². The number of carbonyl (C=O) groups excluding carboxylic acids is 3. The molecule has 1 aliphatic heterocycles. The monoisotopic (exact) mass is 414 g/mol. The van der Waals surface area contributed by atoms with Crippen molar-refractivity contribution in [1.29, 1.82) is 0 Å². The van der Waals surface area contributed by atoms with E-state index in [1.54, 1.807) is 24.3 Å². The van der Waals surface area contributed by atoms with Gasteiger partial charge >= 0.3 is 5.97 Å².